The van der Waals surface area contributed by atoms with Crippen LogP contribution < -0.4 is 0 Å². The van der Waals surface area contributed by atoms with Gasteiger partial charge in [0, 0.05) is 21.6 Å². The second-order valence-corrected chi connectivity index (χ2v) is 17.1. The molecule has 0 aliphatic heterocycles. The van der Waals surface area contributed by atoms with Crippen LogP contribution in [0.15, 0.2) is 133 Å². The second kappa shape index (κ2) is 12.7. The Kier molecular flexibility index (Phi) is 7.73. The zero-order valence-electron chi connectivity index (χ0n) is 33.2. The number of fused-ring (bicyclic) bond motifs is 9. The Bertz CT molecular complexity index is 3030. The van der Waals surface area contributed by atoms with Gasteiger partial charge < -0.3 is 4.57 Å². The third-order valence-corrected chi connectivity index (χ3v) is 13.2. The number of hydrogen-bond donors (Lipinski definition) is 0. The summed E-state index contributed by atoms with van der Waals surface area (Å²) in [5.74, 6) is 0. The molecule has 0 bridgehead atoms. The van der Waals surface area contributed by atoms with E-state index in [0.29, 0.717) is 17.5 Å². The summed E-state index contributed by atoms with van der Waals surface area (Å²) in [6.07, 6.45) is 2.37. The Morgan fingerprint density at radius 3 is 1.65 bits per heavy atom. The van der Waals surface area contributed by atoms with Crippen LogP contribution in [0.3, 0.4) is 0 Å². The lowest BCUT2D eigenvalue weighted by Gasteiger charge is -2.24. The van der Waals surface area contributed by atoms with Crippen LogP contribution in [0.4, 0.5) is 0 Å². The fourth-order valence-corrected chi connectivity index (χ4v) is 10.3. The van der Waals surface area contributed by atoms with Crippen molar-refractivity contribution in [3.8, 4) is 51.2 Å². The van der Waals surface area contributed by atoms with Crippen LogP contribution in [0, 0.1) is 29.6 Å². The van der Waals surface area contributed by atoms with Gasteiger partial charge in [-0.05, 0) is 135 Å². The summed E-state index contributed by atoms with van der Waals surface area (Å²) < 4.78 is 2.26. The first-order valence-electron chi connectivity index (χ1n) is 20.1. The van der Waals surface area contributed by atoms with Crippen LogP contribution in [0.2, 0.25) is 0 Å². The third kappa shape index (κ3) is 5.09. The standard InChI is InChI=1S/C54H43N3/c1-33-25-48-44(38-16-6-10-21-46(38)53(48,2)3)29-42(33)43-30-45-39-17-7-11-22-47(39)54(4,5)49(45)28-35(43)15-14-20-37-36(32-56)26-34(31-55)27-52(37)57-50-23-12-8-18-40(50)41-19-9-13-24-51(41)57/h6-13,16-19,21-30H,14-15,20H2,1-5H3. The molecule has 0 spiro atoms. The number of benzene rings is 7. The molecule has 0 fully saturated rings. The Morgan fingerprint density at radius 1 is 0.509 bits per heavy atom. The first-order valence-corrected chi connectivity index (χ1v) is 20.1. The van der Waals surface area contributed by atoms with Gasteiger partial charge in [0.1, 0.15) is 0 Å². The Labute approximate surface area is 335 Å². The summed E-state index contributed by atoms with van der Waals surface area (Å²) in [5, 5.41) is 23.0. The van der Waals surface area contributed by atoms with Gasteiger partial charge in [0.15, 0.2) is 0 Å². The first kappa shape index (κ1) is 34.8. The quantitative estimate of drug-likeness (QED) is 0.171. The highest BCUT2D eigenvalue weighted by atomic mass is 15.0. The molecule has 0 radical (unpaired) electrons. The van der Waals surface area contributed by atoms with Gasteiger partial charge in [0.05, 0.1) is 40.0 Å². The Hall–Kier alpha value is -6.68. The van der Waals surface area contributed by atoms with Crippen molar-refractivity contribution in [3.63, 3.8) is 0 Å². The van der Waals surface area contributed by atoms with E-state index in [4.69, 9.17) is 0 Å². The molecule has 3 nitrogen and oxygen atoms in total. The van der Waals surface area contributed by atoms with Crippen LogP contribution in [0.1, 0.15) is 84.2 Å². The maximum Gasteiger partial charge on any atom is 0.0995 e. The molecule has 0 unspecified atom stereocenters. The van der Waals surface area contributed by atoms with E-state index in [1.54, 1.807) is 6.07 Å². The lowest BCUT2D eigenvalue weighted by atomic mass is 9.79. The van der Waals surface area contributed by atoms with Crippen LogP contribution in [-0.2, 0) is 23.7 Å². The molecule has 0 saturated heterocycles. The molecule has 1 heterocycles. The highest BCUT2D eigenvalue weighted by Gasteiger charge is 2.38. The first-order chi connectivity index (χ1) is 27.6. The Balaban J connectivity index is 1.12. The highest BCUT2D eigenvalue weighted by Crippen LogP contribution is 2.53. The van der Waals surface area contributed by atoms with Crippen molar-refractivity contribution in [2.75, 3.05) is 0 Å². The number of hydrogen-bond acceptors (Lipinski definition) is 2. The van der Waals surface area contributed by atoms with Gasteiger partial charge >= 0.3 is 0 Å². The molecule has 1 aromatic heterocycles. The van der Waals surface area contributed by atoms with Gasteiger partial charge in [-0.25, -0.2) is 0 Å². The van der Waals surface area contributed by atoms with Gasteiger partial charge in [-0.2, -0.15) is 10.5 Å². The van der Waals surface area contributed by atoms with E-state index in [-0.39, 0.29) is 10.8 Å². The van der Waals surface area contributed by atoms with E-state index < -0.39 is 0 Å². The zero-order valence-corrected chi connectivity index (χ0v) is 33.2. The molecule has 0 atom stereocenters. The topological polar surface area (TPSA) is 52.5 Å². The second-order valence-electron chi connectivity index (χ2n) is 17.1. The number of aryl methyl sites for hydroxylation is 2. The molecule has 8 aromatic rings. The van der Waals surface area contributed by atoms with Gasteiger partial charge in [0.25, 0.3) is 0 Å². The molecule has 3 heteroatoms. The maximum absolute atomic E-state index is 10.6. The van der Waals surface area contributed by atoms with Crippen molar-refractivity contribution in [1.29, 1.82) is 10.5 Å². The van der Waals surface area contributed by atoms with E-state index in [1.165, 1.54) is 66.8 Å². The molecule has 274 valence electrons. The third-order valence-electron chi connectivity index (χ3n) is 13.2. The SMILES string of the molecule is Cc1cc2c(cc1-c1cc3c(cc1CCCc1c(C#N)cc(C#N)cc1-n1c4ccccc4c4ccccc41)C(C)(C)c1ccccc1-3)-c1ccccc1C2(C)C. The molecular weight excluding hydrogens is 691 g/mol. The van der Waals surface area contributed by atoms with Crippen molar-refractivity contribution in [2.24, 2.45) is 0 Å². The van der Waals surface area contributed by atoms with Crippen molar-refractivity contribution in [2.45, 2.75) is 64.7 Å². The minimum atomic E-state index is -0.125. The zero-order chi connectivity index (χ0) is 39.2. The van der Waals surface area contributed by atoms with Crippen molar-refractivity contribution in [3.05, 3.63) is 184 Å². The van der Waals surface area contributed by atoms with Crippen molar-refractivity contribution < 1.29 is 0 Å². The molecule has 0 amide bonds. The molecule has 10 rings (SSSR count). The van der Waals surface area contributed by atoms with E-state index in [9.17, 15) is 10.5 Å². The smallest absolute Gasteiger partial charge is 0.0995 e. The van der Waals surface area contributed by atoms with Gasteiger partial charge in [-0.3, -0.25) is 0 Å². The van der Waals surface area contributed by atoms with E-state index in [2.05, 4.69) is 173 Å². The fourth-order valence-electron chi connectivity index (χ4n) is 10.3. The summed E-state index contributed by atoms with van der Waals surface area (Å²) in [6, 6.07) is 53.1. The number of rotatable bonds is 6. The molecule has 0 saturated carbocycles. The number of nitrogens with zero attached hydrogens (tertiary/aromatic N) is 3. The average Bonchev–Trinajstić information content (AvgIpc) is 3.76. The largest absolute Gasteiger partial charge is 0.309 e. The van der Waals surface area contributed by atoms with Gasteiger partial charge in [-0.15, -0.1) is 0 Å². The molecule has 0 N–H and O–H groups in total. The fraction of sp³-hybridized carbons (Fsp3) is 0.185. The number of nitriles is 2. The summed E-state index contributed by atoms with van der Waals surface area (Å²) in [4.78, 5) is 0. The summed E-state index contributed by atoms with van der Waals surface area (Å²) in [7, 11) is 0. The predicted molar refractivity (Wildman–Crippen MR) is 234 cm³/mol. The molecule has 2 aliphatic carbocycles. The van der Waals surface area contributed by atoms with E-state index in [0.717, 1.165) is 45.9 Å². The van der Waals surface area contributed by atoms with Crippen LogP contribution >= 0.6 is 0 Å². The van der Waals surface area contributed by atoms with Crippen molar-refractivity contribution in [1.82, 2.24) is 4.57 Å². The highest BCUT2D eigenvalue weighted by molar-refractivity contribution is 6.09. The summed E-state index contributed by atoms with van der Waals surface area (Å²) >= 11 is 0. The van der Waals surface area contributed by atoms with Crippen LogP contribution in [0.5, 0.6) is 0 Å². The number of para-hydroxylation sites is 2. The van der Waals surface area contributed by atoms with Crippen LogP contribution in [-0.4, -0.2) is 4.57 Å². The predicted octanol–water partition coefficient (Wildman–Crippen LogP) is 13.3. The van der Waals surface area contributed by atoms with E-state index >= 15 is 0 Å². The molecule has 7 aromatic carbocycles. The summed E-state index contributed by atoms with van der Waals surface area (Å²) in [6.45, 7) is 11.7. The lowest BCUT2D eigenvalue weighted by molar-refractivity contribution is 0.658. The van der Waals surface area contributed by atoms with Crippen molar-refractivity contribution >= 4 is 21.8 Å². The number of aromatic nitrogens is 1. The average molecular weight is 734 g/mol. The monoisotopic (exact) mass is 733 g/mol. The molecular formula is C54H43N3. The van der Waals surface area contributed by atoms with Crippen LogP contribution in [0.25, 0.3) is 60.9 Å². The minimum Gasteiger partial charge on any atom is -0.309 e. The normalized spacial score (nSPS) is 14.2. The minimum absolute atomic E-state index is 0.0629. The Morgan fingerprint density at radius 2 is 1.05 bits per heavy atom. The lowest BCUT2D eigenvalue weighted by Crippen LogP contribution is -2.15. The maximum atomic E-state index is 10.6. The van der Waals surface area contributed by atoms with E-state index in [1.807, 2.05) is 6.07 Å². The molecule has 2 aliphatic rings. The van der Waals surface area contributed by atoms with Gasteiger partial charge in [0.2, 0.25) is 0 Å². The summed E-state index contributed by atoms with van der Waals surface area (Å²) in [5.41, 5.74) is 20.9. The van der Waals surface area contributed by atoms with Gasteiger partial charge in [-0.1, -0.05) is 125 Å². The molecule has 57 heavy (non-hydrogen) atoms.